The van der Waals surface area contributed by atoms with Crippen molar-refractivity contribution in [1.29, 1.82) is 0 Å². The third kappa shape index (κ3) is 5.22. The SMILES string of the molecule is CC1CCN(C(N)=NCc2ccc(Cn3ccnc3)cc2)CC1.I. The van der Waals surface area contributed by atoms with E-state index in [9.17, 15) is 0 Å². The number of nitrogens with zero attached hydrogens (tertiary/aromatic N) is 4. The zero-order chi connectivity index (χ0) is 16.1. The van der Waals surface area contributed by atoms with Gasteiger partial charge in [0.1, 0.15) is 0 Å². The maximum absolute atomic E-state index is 6.13. The lowest BCUT2D eigenvalue weighted by Gasteiger charge is -2.31. The van der Waals surface area contributed by atoms with Crippen molar-refractivity contribution in [3.05, 3.63) is 54.1 Å². The van der Waals surface area contributed by atoms with E-state index in [0.717, 1.165) is 25.6 Å². The van der Waals surface area contributed by atoms with E-state index in [1.807, 2.05) is 12.5 Å². The van der Waals surface area contributed by atoms with E-state index < -0.39 is 0 Å². The molecule has 3 rings (SSSR count). The standard InChI is InChI=1S/C18H25N5.HI/c1-15-6-9-23(10-7-15)18(19)21-12-16-2-4-17(5-3-16)13-22-11-8-20-14-22;/h2-5,8,11,14-15H,6-7,9-10,12-13H2,1H3,(H2,19,21);1H. The van der Waals surface area contributed by atoms with E-state index in [2.05, 4.69) is 50.6 Å². The maximum atomic E-state index is 6.13. The monoisotopic (exact) mass is 439 g/mol. The Hall–Kier alpha value is -1.57. The molecule has 1 saturated heterocycles. The number of likely N-dealkylation sites (tertiary alicyclic amines) is 1. The predicted molar refractivity (Wildman–Crippen MR) is 108 cm³/mol. The van der Waals surface area contributed by atoms with Gasteiger partial charge in [-0.2, -0.15) is 0 Å². The number of aliphatic imine (C=N–C) groups is 1. The van der Waals surface area contributed by atoms with Crippen LogP contribution in [-0.2, 0) is 13.1 Å². The molecule has 0 saturated carbocycles. The molecule has 0 atom stereocenters. The van der Waals surface area contributed by atoms with Gasteiger partial charge in [0.15, 0.2) is 5.96 Å². The van der Waals surface area contributed by atoms with Gasteiger partial charge in [-0.15, -0.1) is 24.0 Å². The highest BCUT2D eigenvalue weighted by Crippen LogP contribution is 2.15. The molecule has 2 N–H and O–H groups in total. The average molecular weight is 439 g/mol. The summed E-state index contributed by atoms with van der Waals surface area (Å²) in [6.07, 6.45) is 8.02. The van der Waals surface area contributed by atoms with Gasteiger partial charge in [0.05, 0.1) is 12.9 Å². The Morgan fingerprint density at radius 2 is 1.88 bits per heavy atom. The Balaban J connectivity index is 0.00000208. The molecule has 130 valence electrons. The number of hydrogen-bond donors (Lipinski definition) is 1. The highest BCUT2D eigenvalue weighted by molar-refractivity contribution is 14.0. The van der Waals surface area contributed by atoms with Gasteiger partial charge in [-0.3, -0.25) is 0 Å². The van der Waals surface area contributed by atoms with Crippen molar-refractivity contribution < 1.29 is 0 Å². The van der Waals surface area contributed by atoms with Crippen molar-refractivity contribution in [3.63, 3.8) is 0 Å². The lowest BCUT2D eigenvalue weighted by molar-refractivity contribution is 0.277. The molecule has 1 aliphatic heterocycles. The van der Waals surface area contributed by atoms with Crippen LogP contribution in [0.25, 0.3) is 0 Å². The highest BCUT2D eigenvalue weighted by atomic mass is 127. The van der Waals surface area contributed by atoms with Crippen molar-refractivity contribution in [3.8, 4) is 0 Å². The Kier molecular flexibility index (Phi) is 7.08. The molecule has 0 unspecified atom stereocenters. The fraction of sp³-hybridized carbons (Fsp3) is 0.444. The second-order valence-corrected chi connectivity index (χ2v) is 6.40. The van der Waals surface area contributed by atoms with Crippen LogP contribution in [0.3, 0.4) is 0 Å². The molecule has 0 aliphatic carbocycles. The normalized spacial score (nSPS) is 16.0. The Morgan fingerprint density at radius 3 is 2.50 bits per heavy atom. The van der Waals surface area contributed by atoms with E-state index in [-0.39, 0.29) is 24.0 Å². The molecule has 2 aromatic rings. The van der Waals surface area contributed by atoms with E-state index >= 15 is 0 Å². The molecule has 2 heterocycles. The molecule has 5 nitrogen and oxygen atoms in total. The molecule has 1 aliphatic rings. The number of hydrogen-bond acceptors (Lipinski definition) is 2. The predicted octanol–water partition coefficient (Wildman–Crippen LogP) is 3.10. The minimum atomic E-state index is 0. The van der Waals surface area contributed by atoms with Crippen LogP contribution in [0.5, 0.6) is 0 Å². The molecule has 24 heavy (non-hydrogen) atoms. The summed E-state index contributed by atoms with van der Waals surface area (Å²) < 4.78 is 2.06. The van der Waals surface area contributed by atoms with Gasteiger partial charge >= 0.3 is 0 Å². The van der Waals surface area contributed by atoms with E-state index in [0.29, 0.717) is 12.5 Å². The Bertz CT molecular complexity index is 628. The van der Waals surface area contributed by atoms with Crippen LogP contribution in [-0.4, -0.2) is 33.5 Å². The Morgan fingerprint density at radius 1 is 1.21 bits per heavy atom. The number of imidazole rings is 1. The number of rotatable bonds is 4. The summed E-state index contributed by atoms with van der Waals surface area (Å²) in [5.41, 5.74) is 8.57. The average Bonchev–Trinajstić information content (AvgIpc) is 3.07. The first kappa shape index (κ1) is 18.8. The van der Waals surface area contributed by atoms with E-state index in [4.69, 9.17) is 5.73 Å². The third-order valence-corrected chi connectivity index (χ3v) is 4.48. The van der Waals surface area contributed by atoms with Crippen LogP contribution in [0.1, 0.15) is 30.9 Å². The molecule has 0 spiro atoms. The summed E-state index contributed by atoms with van der Waals surface area (Å²) in [7, 11) is 0. The molecular weight excluding hydrogens is 413 g/mol. The van der Waals surface area contributed by atoms with E-state index in [1.165, 1.54) is 24.0 Å². The van der Waals surface area contributed by atoms with Gasteiger partial charge in [0, 0.05) is 32.0 Å². The molecule has 6 heteroatoms. The highest BCUT2D eigenvalue weighted by Gasteiger charge is 2.16. The zero-order valence-corrected chi connectivity index (χ0v) is 16.5. The van der Waals surface area contributed by atoms with Gasteiger partial charge < -0.3 is 15.2 Å². The first-order valence-electron chi connectivity index (χ1n) is 8.29. The molecular formula is C18H26IN5. The number of guanidine groups is 1. The maximum Gasteiger partial charge on any atom is 0.191 e. The summed E-state index contributed by atoms with van der Waals surface area (Å²) in [6, 6.07) is 8.54. The van der Waals surface area contributed by atoms with Gasteiger partial charge in [0.25, 0.3) is 0 Å². The minimum absolute atomic E-state index is 0. The zero-order valence-electron chi connectivity index (χ0n) is 14.1. The summed E-state index contributed by atoms with van der Waals surface area (Å²) in [6.45, 7) is 5.84. The van der Waals surface area contributed by atoms with Crippen molar-refractivity contribution >= 4 is 29.9 Å². The topological polar surface area (TPSA) is 59.4 Å². The fourth-order valence-electron chi connectivity index (χ4n) is 2.85. The van der Waals surface area contributed by atoms with Crippen LogP contribution in [0.2, 0.25) is 0 Å². The number of benzene rings is 1. The molecule has 1 fully saturated rings. The smallest absolute Gasteiger partial charge is 0.191 e. The van der Waals surface area contributed by atoms with Crippen LogP contribution in [0.15, 0.2) is 48.0 Å². The Labute approximate surface area is 161 Å². The van der Waals surface area contributed by atoms with Gasteiger partial charge in [0.2, 0.25) is 0 Å². The van der Waals surface area contributed by atoms with Crippen molar-refractivity contribution in [1.82, 2.24) is 14.5 Å². The lowest BCUT2D eigenvalue weighted by Crippen LogP contribution is -2.42. The van der Waals surface area contributed by atoms with Crippen molar-refractivity contribution in [2.45, 2.75) is 32.9 Å². The molecule has 1 aromatic heterocycles. The first-order valence-corrected chi connectivity index (χ1v) is 8.29. The van der Waals surface area contributed by atoms with Crippen molar-refractivity contribution in [2.24, 2.45) is 16.6 Å². The summed E-state index contributed by atoms with van der Waals surface area (Å²) >= 11 is 0. The third-order valence-electron chi connectivity index (χ3n) is 4.48. The molecule has 1 aromatic carbocycles. The quantitative estimate of drug-likeness (QED) is 0.453. The van der Waals surface area contributed by atoms with Crippen LogP contribution < -0.4 is 5.73 Å². The minimum Gasteiger partial charge on any atom is -0.370 e. The van der Waals surface area contributed by atoms with Crippen LogP contribution >= 0.6 is 24.0 Å². The number of halogens is 1. The number of nitrogens with two attached hydrogens (primary N) is 1. The van der Waals surface area contributed by atoms with Crippen LogP contribution in [0, 0.1) is 5.92 Å². The lowest BCUT2D eigenvalue weighted by atomic mass is 10.00. The molecule has 0 amide bonds. The summed E-state index contributed by atoms with van der Waals surface area (Å²) in [5.74, 6) is 1.49. The summed E-state index contributed by atoms with van der Waals surface area (Å²) in [5, 5.41) is 0. The largest absolute Gasteiger partial charge is 0.370 e. The van der Waals surface area contributed by atoms with Crippen molar-refractivity contribution in [2.75, 3.05) is 13.1 Å². The van der Waals surface area contributed by atoms with E-state index in [1.54, 1.807) is 6.20 Å². The number of aromatic nitrogens is 2. The number of piperidine rings is 1. The van der Waals surface area contributed by atoms with Gasteiger partial charge in [-0.05, 0) is 29.9 Å². The van der Waals surface area contributed by atoms with Gasteiger partial charge in [-0.25, -0.2) is 9.98 Å². The molecule has 0 bridgehead atoms. The van der Waals surface area contributed by atoms with Gasteiger partial charge in [-0.1, -0.05) is 31.2 Å². The second-order valence-electron chi connectivity index (χ2n) is 6.40. The molecule has 0 radical (unpaired) electrons. The van der Waals surface area contributed by atoms with Crippen LogP contribution in [0.4, 0.5) is 0 Å². The fourth-order valence-corrected chi connectivity index (χ4v) is 2.85. The second kappa shape index (κ2) is 9.05. The first-order chi connectivity index (χ1) is 11.2. The summed E-state index contributed by atoms with van der Waals surface area (Å²) in [4.78, 5) is 10.8.